The van der Waals surface area contributed by atoms with E-state index in [1.54, 1.807) is 18.0 Å². The van der Waals surface area contributed by atoms with Crippen LogP contribution in [0, 0.1) is 0 Å². The molecule has 2 aromatic rings. The number of thioether (sulfide) groups is 1. The summed E-state index contributed by atoms with van der Waals surface area (Å²) in [5.74, 6) is 0.898. The Morgan fingerprint density at radius 1 is 1.30 bits per heavy atom. The van der Waals surface area contributed by atoms with Crippen molar-refractivity contribution in [3.05, 3.63) is 18.5 Å². The number of aryl methyl sites for hydroxylation is 1. The molecule has 0 spiro atoms. The summed E-state index contributed by atoms with van der Waals surface area (Å²) in [6.45, 7) is 8.91. The predicted molar refractivity (Wildman–Crippen MR) is 78.5 cm³/mol. The van der Waals surface area contributed by atoms with Gasteiger partial charge in [-0.3, -0.25) is 4.68 Å². The summed E-state index contributed by atoms with van der Waals surface area (Å²) in [5, 5.41) is 20.3. The Morgan fingerprint density at radius 2 is 2.15 bits per heavy atom. The zero-order valence-corrected chi connectivity index (χ0v) is 13.0. The summed E-state index contributed by atoms with van der Waals surface area (Å²) >= 11 is 1.65. The van der Waals surface area contributed by atoms with E-state index in [4.69, 9.17) is 0 Å². The van der Waals surface area contributed by atoms with Gasteiger partial charge in [0.1, 0.15) is 0 Å². The Bertz CT molecular complexity index is 500. The summed E-state index contributed by atoms with van der Waals surface area (Å²) < 4.78 is 3.74. The third-order valence-electron chi connectivity index (χ3n) is 2.59. The molecule has 0 radical (unpaired) electrons. The summed E-state index contributed by atoms with van der Waals surface area (Å²) in [6, 6.07) is 1.92. The molecular formula is C12H21N7S. The Hall–Kier alpha value is -1.41. The lowest BCUT2D eigenvalue weighted by Crippen LogP contribution is -2.38. The average Bonchev–Trinajstić information content (AvgIpc) is 3.00. The van der Waals surface area contributed by atoms with E-state index >= 15 is 0 Å². The fourth-order valence-corrected chi connectivity index (χ4v) is 2.47. The maximum atomic E-state index is 4.17. The Kier molecular flexibility index (Phi) is 5.13. The van der Waals surface area contributed by atoms with Gasteiger partial charge in [0.25, 0.3) is 0 Å². The first-order valence-electron chi connectivity index (χ1n) is 6.66. The summed E-state index contributed by atoms with van der Waals surface area (Å²) in [6.07, 6.45) is 3.74. The molecule has 110 valence electrons. The molecule has 1 N–H and O–H groups in total. The van der Waals surface area contributed by atoms with Gasteiger partial charge in [0.15, 0.2) is 0 Å². The van der Waals surface area contributed by atoms with E-state index in [-0.39, 0.29) is 5.54 Å². The van der Waals surface area contributed by atoms with Crippen LogP contribution in [-0.4, -0.2) is 47.8 Å². The highest BCUT2D eigenvalue weighted by atomic mass is 32.2. The number of hydrogen-bond donors (Lipinski definition) is 1. The highest BCUT2D eigenvalue weighted by Crippen LogP contribution is 2.13. The third-order valence-corrected chi connectivity index (χ3v) is 3.53. The highest BCUT2D eigenvalue weighted by molar-refractivity contribution is 7.99. The van der Waals surface area contributed by atoms with E-state index in [0.717, 1.165) is 30.5 Å². The van der Waals surface area contributed by atoms with Crippen LogP contribution in [0.4, 0.5) is 0 Å². The minimum Gasteiger partial charge on any atom is -0.310 e. The molecule has 0 bridgehead atoms. The van der Waals surface area contributed by atoms with Crippen LogP contribution in [0.5, 0.6) is 0 Å². The zero-order chi connectivity index (χ0) is 14.4. The fourth-order valence-electron chi connectivity index (χ4n) is 1.64. The molecule has 0 aliphatic carbocycles. The van der Waals surface area contributed by atoms with Crippen LogP contribution >= 0.6 is 11.8 Å². The minimum absolute atomic E-state index is 0.113. The molecule has 0 saturated heterocycles. The van der Waals surface area contributed by atoms with Crippen LogP contribution in [0.15, 0.2) is 23.6 Å². The van der Waals surface area contributed by atoms with E-state index in [2.05, 4.69) is 46.7 Å². The molecule has 0 fully saturated rings. The maximum Gasteiger partial charge on any atom is 0.209 e. The number of hydrogen-bond acceptors (Lipinski definition) is 6. The van der Waals surface area contributed by atoms with E-state index in [9.17, 15) is 0 Å². The Morgan fingerprint density at radius 3 is 2.85 bits per heavy atom. The number of rotatable bonds is 7. The second-order valence-corrected chi connectivity index (χ2v) is 6.54. The van der Waals surface area contributed by atoms with Crippen LogP contribution in [0.25, 0.3) is 0 Å². The van der Waals surface area contributed by atoms with Gasteiger partial charge in [-0.2, -0.15) is 5.10 Å². The number of nitrogens with zero attached hydrogens (tertiary/aromatic N) is 6. The van der Waals surface area contributed by atoms with E-state index in [1.807, 2.05) is 21.6 Å². The molecule has 2 aromatic heterocycles. The SMILES string of the molecule is CC(C)(C)NCCn1nnnc1SCCn1cccn1. The lowest BCUT2D eigenvalue weighted by molar-refractivity contribution is 0.396. The zero-order valence-electron chi connectivity index (χ0n) is 12.2. The van der Waals surface area contributed by atoms with Crippen LogP contribution in [-0.2, 0) is 13.1 Å². The van der Waals surface area contributed by atoms with Gasteiger partial charge in [0.2, 0.25) is 5.16 Å². The molecule has 8 heteroatoms. The molecule has 2 heterocycles. The normalized spacial score (nSPS) is 11.9. The van der Waals surface area contributed by atoms with Crippen LogP contribution < -0.4 is 5.32 Å². The molecule has 20 heavy (non-hydrogen) atoms. The summed E-state index contributed by atoms with van der Waals surface area (Å²) in [4.78, 5) is 0. The van der Waals surface area contributed by atoms with Gasteiger partial charge in [0.05, 0.1) is 13.1 Å². The van der Waals surface area contributed by atoms with Gasteiger partial charge in [-0.15, -0.1) is 5.10 Å². The maximum absolute atomic E-state index is 4.17. The van der Waals surface area contributed by atoms with Gasteiger partial charge >= 0.3 is 0 Å². The summed E-state index contributed by atoms with van der Waals surface area (Å²) in [7, 11) is 0. The lowest BCUT2D eigenvalue weighted by Gasteiger charge is -2.20. The van der Waals surface area contributed by atoms with Crippen molar-refractivity contribution in [3.8, 4) is 0 Å². The van der Waals surface area contributed by atoms with Crippen molar-refractivity contribution >= 4 is 11.8 Å². The van der Waals surface area contributed by atoms with Gasteiger partial charge in [-0.25, -0.2) is 4.68 Å². The molecule has 0 saturated carbocycles. The van der Waals surface area contributed by atoms with Gasteiger partial charge in [-0.1, -0.05) is 11.8 Å². The smallest absolute Gasteiger partial charge is 0.209 e. The topological polar surface area (TPSA) is 73.5 Å². The Labute approximate surface area is 123 Å². The first-order chi connectivity index (χ1) is 9.54. The first-order valence-corrected chi connectivity index (χ1v) is 7.64. The Balaban J connectivity index is 1.76. The van der Waals surface area contributed by atoms with Crippen LogP contribution in [0.1, 0.15) is 20.8 Å². The number of nitrogens with one attached hydrogen (secondary N) is 1. The molecule has 0 aliphatic rings. The second-order valence-electron chi connectivity index (χ2n) is 5.48. The van der Waals surface area contributed by atoms with Gasteiger partial charge in [0, 0.05) is 30.2 Å². The van der Waals surface area contributed by atoms with E-state index in [1.165, 1.54) is 0 Å². The van der Waals surface area contributed by atoms with Crippen molar-refractivity contribution in [3.63, 3.8) is 0 Å². The molecule has 0 aliphatic heterocycles. The van der Waals surface area contributed by atoms with Crippen molar-refractivity contribution < 1.29 is 0 Å². The van der Waals surface area contributed by atoms with Crippen molar-refractivity contribution in [2.45, 2.75) is 44.6 Å². The molecule has 0 aromatic carbocycles. The molecule has 0 amide bonds. The van der Waals surface area contributed by atoms with Gasteiger partial charge < -0.3 is 5.32 Å². The summed E-state index contributed by atoms with van der Waals surface area (Å²) in [5.41, 5.74) is 0.113. The molecule has 2 rings (SSSR count). The van der Waals surface area contributed by atoms with Gasteiger partial charge in [-0.05, 0) is 37.3 Å². The van der Waals surface area contributed by atoms with Crippen molar-refractivity contribution in [1.29, 1.82) is 0 Å². The van der Waals surface area contributed by atoms with E-state index < -0.39 is 0 Å². The minimum atomic E-state index is 0.113. The quantitative estimate of drug-likeness (QED) is 0.770. The molecular weight excluding hydrogens is 274 g/mol. The number of tetrazole rings is 1. The number of aromatic nitrogens is 6. The van der Waals surface area contributed by atoms with Crippen LogP contribution in [0.3, 0.4) is 0 Å². The molecule has 7 nitrogen and oxygen atoms in total. The van der Waals surface area contributed by atoms with Crippen LogP contribution in [0.2, 0.25) is 0 Å². The standard InChI is InChI=1S/C12H21N7S/c1-12(2,3)13-6-8-19-11(15-16-17-19)20-10-9-18-7-4-5-14-18/h4-5,7,13H,6,8-10H2,1-3H3. The molecule has 0 unspecified atom stereocenters. The van der Waals surface area contributed by atoms with Crippen molar-refractivity contribution in [1.82, 2.24) is 35.3 Å². The first kappa shape index (κ1) is 15.0. The lowest BCUT2D eigenvalue weighted by atomic mass is 10.1. The monoisotopic (exact) mass is 295 g/mol. The molecule has 0 atom stereocenters. The van der Waals surface area contributed by atoms with Crippen molar-refractivity contribution in [2.75, 3.05) is 12.3 Å². The van der Waals surface area contributed by atoms with E-state index in [0.29, 0.717) is 0 Å². The van der Waals surface area contributed by atoms with Crippen molar-refractivity contribution in [2.24, 2.45) is 0 Å². The largest absolute Gasteiger partial charge is 0.310 e. The average molecular weight is 295 g/mol. The third kappa shape index (κ3) is 4.93. The fraction of sp³-hybridized carbons (Fsp3) is 0.667. The predicted octanol–water partition coefficient (Wildman–Crippen LogP) is 1.05. The highest BCUT2D eigenvalue weighted by Gasteiger charge is 2.10. The second kappa shape index (κ2) is 6.85.